The van der Waals surface area contributed by atoms with Crippen molar-refractivity contribution in [2.24, 2.45) is 5.92 Å². The summed E-state index contributed by atoms with van der Waals surface area (Å²) in [5, 5.41) is 5.84. The Morgan fingerprint density at radius 3 is 2.24 bits per heavy atom. The van der Waals surface area contributed by atoms with Crippen LogP contribution < -0.4 is 10.6 Å². The fourth-order valence-electron chi connectivity index (χ4n) is 1.15. The van der Waals surface area contributed by atoms with Crippen LogP contribution >= 0.6 is 0 Å². The van der Waals surface area contributed by atoms with Gasteiger partial charge in [-0.2, -0.15) is 0 Å². The Hall–Kier alpha value is -0.940. The van der Waals surface area contributed by atoms with E-state index in [1.807, 2.05) is 13.8 Å². The van der Waals surface area contributed by atoms with Gasteiger partial charge in [-0.05, 0) is 25.4 Å². The zero-order valence-corrected chi connectivity index (χ0v) is 11.0. The van der Waals surface area contributed by atoms with Gasteiger partial charge in [0.1, 0.15) is 0 Å². The van der Waals surface area contributed by atoms with E-state index in [1.54, 1.807) is 0 Å². The van der Waals surface area contributed by atoms with Gasteiger partial charge in [-0.15, -0.1) is 0 Å². The maximum atomic E-state index is 11.2. The van der Waals surface area contributed by atoms with Crippen molar-refractivity contribution in [1.29, 1.82) is 0 Å². The molecule has 2 N–H and O–H groups in total. The zero-order chi connectivity index (χ0) is 13.1. The molecule has 0 amide bonds. The molecular weight excluding hydrogens is 220 g/mol. The number of rotatable bonds is 9. The highest BCUT2D eigenvalue weighted by atomic mass is 16.6. The maximum absolute atomic E-state index is 11.2. The van der Waals surface area contributed by atoms with Crippen molar-refractivity contribution in [2.75, 3.05) is 26.2 Å². The maximum Gasteiger partial charge on any atom is 0.327 e. The van der Waals surface area contributed by atoms with Crippen LogP contribution in [0.25, 0.3) is 0 Å². The molecule has 0 radical (unpaired) electrons. The molecule has 0 aromatic rings. The topological polar surface area (TPSA) is 67.4 Å². The van der Waals surface area contributed by atoms with Gasteiger partial charge < -0.3 is 15.4 Å². The van der Waals surface area contributed by atoms with Crippen molar-refractivity contribution in [1.82, 2.24) is 10.6 Å². The molecule has 5 nitrogen and oxygen atoms in total. The minimum Gasteiger partial charge on any atom is -0.391 e. The van der Waals surface area contributed by atoms with Gasteiger partial charge in [0.2, 0.25) is 0 Å². The average Bonchev–Trinajstić information content (AvgIpc) is 2.23. The Morgan fingerprint density at radius 2 is 1.71 bits per heavy atom. The number of hydrogen-bond acceptors (Lipinski definition) is 5. The lowest BCUT2D eigenvalue weighted by molar-refractivity contribution is -0.158. The fourth-order valence-corrected chi connectivity index (χ4v) is 1.15. The van der Waals surface area contributed by atoms with Gasteiger partial charge in [0.15, 0.2) is 0 Å². The van der Waals surface area contributed by atoms with Crippen molar-refractivity contribution in [3.05, 3.63) is 0 Å². The third-order valence-electron chi connectivity index (χ3n) is 2.03. The van der Waals surface area contributed by atoms with Crippen molar-refractivity contribution >= 4 is 11.9 Å². The molecule has 0 atom stereocenters. The normalized spacial score (nSPS) is 10.6. The monoisotopic (exact) mass is 244 g/mol. The second kappa shape index (κ2) is 10.2. The highest BCUT2D eigenvalue weighted by Gasteiger charge is 2.09. The summed E-state index contributed by atoms with van der Waals surface area (Å²) in [7, 11) is 0. The Balaban J connectivity index is 3.49. The molecule has 0 rings (SSSR count). The van der Waals surface area contributed by atoms with Crippen molar-refractivity contribution in [3.63, 3.8) is 0 Å². The molecule has 0 saturated carbocycles. The highest BCUT2D eigenvalue weighted by Crippen LogP contribution is 1.87. The van der Waals surface area contributed by atoms with E-state index in [2.05, 4.69) is 22.3 Å². The van der Waals surface area contributed by atoms with Crippen LogP contribution in [0.2, 0.25) is 0 Å². The number of carbonyl (C=O) groups excluding carboxylic acids is 2. The minimum absolute atomic E-state index is 0.0822. The van der Waals surface area contributed by atoms with Crippen molar-refractivity contribution < 1.29 is 14.3 Å². The van der Waals surface area contributed by atoms with Gasteiger partial charge in [-0.1, -0.05) is 27.2 Å². The van der Waals surface area contributed by atoms with E-state index < -0.39 is 11.9 Å². The van der Waals surface area contributed by atoms with E-state index in [0.717, 1.165) is 25.9 Å². The quantitative estimate of drug-likeness (QED) is 0.355. The van der Waals surface area contributed by atoms with Crippen LogP contribution in [-0.2, 0) is 14.3 Å². The Morgan fingerprint density at radius 1 is 1.12 bits per heavy atom. The van der Waals surface area contributed by atoms with Crippen molar-refractivity contribution in [2.45, 2.75) is 33.6 Å². The standard InChI is InChI=1S/C12H24N2O3/c1-4-5-6-13-8-11(15)17-12(16)9-14-7-10(2)3/h10,13-14H,4-9H2,1-3H3. The number of carbonyl (C=O) groups is 2. The van der Waals surface area contributed by atoms with Crippen LogP contribution in [0.1, 0.15) is 33.6 Å². The SMILES string of the molecule is CCCCNCC(=O)OC(=O)CNCC(C)C. The van der Waals surface area contributed by atoms with Gasteiger partial charge in [-0.3, -0.25) is 9.59 Å². The molecular formula is C12H24N2O3. The molecule has 0 aromatic carbocycles. The molecule has 0 aliphatic rings. The van der Waals surface area contributed by atoms with Crippen molar-refractivity contribution in [3.8, 4) is 0 Å². The Bertz CT molecular complexity index is 230. The van der Waals surface area contributed by atoms with E-state index in [9.17, 15) is 9.59 Å². The summed E-state index contributed by atoms with van der Waals surface area (Å²) in [5.74, 6) is -0.570. The second-order valence-electron chi connectivity index (χ2n) is 4.40. The molecule has 0 spiro atoms. The molecule has 100 valence electrons. The molecule has 0 heterocycles. The molecule has 0 saturated heterocycles. The molecule has 0 aromatic heterocycles. The number of hydrogen-bond donors (Lipinski definition) is 2. The van der Waals surface area contributed by atoms with E-state index in [1.165, 1.54) is 0 Å². The largest absolute Gasteiger partial charge is 0.391 e. The molecule has 17 heavy (non-hydrogen) atoms. The first-order valence-corrected chi connectivity index (χ1v) is 6.21. The lowest BCUT2D eigenvalue weighted by Gasteiger charge is -2.07. The van der Waals surface area contributed by atoms with Gasteiger partial charge in [0, 0.05) is 0 Å². The lowest BCUT2D eigenvalue weighted by Crippen LogP contribution is -2.32. The summed E-state index contributed by atoms with van der Waals surface area (Å²) in [4.78, 5) is 22.4. The molecule has 0 fully saturated rings. The van der Waals surface area contributed by atoms with Crippen LogP contribution in [0, 0.1) is 5.92 Å². The fraction of sp³-hybridized carbons (Fsp3) is 0.833. The van der Waals surface area contributed by atoms with Crippen LogP contribution in [0.15, 0.2) is 0 Å². The van der Waals surface area contributed by atoms with E-state index in [4.69, 9.17) is 0 Å². The predicted octanol–water partition coefficient (Wildman–Crippen LogP) is 0.691. The third-order valence-corrected chi connectivity index (χ3v) is 2.03. The van der Waals surface area contributed by atoms with Gasteiger partial charge in [0.05, 0.1) is 13.1 Å². The molecule has 0 aliphatic heterocycles. The Kier molecular flexibility index (Phi) is 9.66. The Labute approximate surface area is 103 Å². The summed E-state index contributed by atoms with van der Waals surface area (Å²) < 4.78 is 4.61. The molecule has 5 heteroatoms. The van der Waals surface area contributed by atoms with E-state index >= 15 is 0 Å². The summed E-state index contributed by atoms with van der Waals surface area (Å²) in [6, 6.07) is 0. The third kappa shape index (κ3) is 11.3. The second-order valence-corrected chi connectivity index (χ2v) is 4.40. The van der Waals surface area contributed by atoms with Crippen LogP contribution in [0.4, 0.5) is 0 Å². The van der Waals surface area contributed by atoms with E-state index in [0.29, 0.717) is 5.92 Å². The van der Waals surface area contributed by atoms with Gasteiger partial charge in [-0.25, -0.2) is 0 Å². The van der Waals surface area contributed by atoms with E-state index in [-0.39, 0.29) is 13.1 Å². The van der Waals surface area contributed by atoms with Crippen LogP contribution in [-0.4, -0.2) is 38.1 Å². The smallest absolute Gasteiger partial charge is 0.327 e. The van der Waals surface area contributed by atoms with Crippen LogP contribution in [0.3, 0.4) is 0 Å². The minimum atomic E-state index is -0.520. The summed E-state index contributed by atoms with van der Waals surface area (Å²) in [6.45, 7) is 7.84. The summed E-state index contributed by atoms with van der Waals surface area (Å²) in [6.07, 6.45) is 2.08. The molecule has 0 bridgehead atoms. The van der Waals surface area contributed by atoms with Gasteiger partial charge >= 0.3 is 11.9 Å². The first-order valence-electron chi connectivity index (χ1n) is 6.21. The zero-order valence-electron chi connectivity index (χ0n) is 11.0. The first kappa shape index (κ1) is 16.1. The average molecular weight is 244 g/mol. The number of unbranched alkanes of at least 4 members (excludes halogenated alkanes) is 1. The number of esters is 2. The summed E-state index contributed by atoms with van der Waals surface area (Å²) in [5.41, 5.74) is 0. The van der Waals surface area contributed by atoms with Gasteiger partial charge in [0.25, 0.3) is 0 Å². The predicted molar refractivity (Wildman–Crippen MR) is 66.6 cm³/mol. The lowest BCUT2D eigenvalue weighted by atomic mass is 10.2. The summed E-state index contributed by atoms with van der Waals surface area (Å²) >= 11 is 0. The number of ether oxygens (including phenoxy) is 1. The van der Waals surface area contributed by atoms with Crippen LogP contribution in [0.5, 0.6) is 0 Å². The molecule has 0 unspecified atom stereocenters. The first-order chi connectivity index (χ1) is 8.06. The highest BCUT2D eigenvalue weighted by molar-refractivity contribution is 5.87. The number of nitrogens with one attached hydrogen (secondary N) is 2. The molecule has 0 aliphatic carbocycles.